The standard InChI is InChI=1S/C13H20N2S3/c1-7-8(2)17-11(6-16-7)13-15-12(9-3-4-9)10(5-14)18-13/h7-9,11H,3-6,14H2,1-2H3. The van der Waals surface area contributed by atoms with Gasteiger partial charge in [-0.15, -0.1) is 23.1 Å². The van der Waals surface area contributed by atoms with Crippen LogP contribution in [0.25, 0.3) is 0 Å². The third kappa shape index (κ3) is 2.60. The van der Waals surface area contributed by atoms with Crippen molar-refractivity contribution in [3.8, 4) is 0 Å². The molecule has 3 rings (SSSR count). The number of rotatable bonds is 3. The summed E-state index contributed by atoms with van der Waals surface area (Å²) in [7, 11) is 0. The molecule has 3 atom stereocenters. The SMILES string of the molecule is CC1SCC(c2nc(C3CC3)c(CN)s2)SC1C. The van der Waals surface area contributed by atoms with Crippen molar-refractivity contribution in [3.05, 3.63) is 15.6 Å². The molecule has 1 aliphatic heterocycles. The molecule has 1 aromatic rings. The van der Waals surface area contributed by atoms with E-state index in [0.29, 0.717) is 11.8 Å². The maximum atomic E-state index is 5.87. The predicted molar refractivity (Wildman–Crippen MR) is 83.7 cm³/mol. The monoisotopic (exact) mass is 300 g/mol. The molecule has 100 valence electrons. The van der Waals surface area contributed by atoms with Gasteiger partial charge in [0, 0.05) is 33.6 Å². The number of aromatic nitrogens is 1. The lowest BCUT2D eigenvalue weighted by atomic mass is 10.2. The van der Waals surface area contributed by atoms with E-state index >= 15 is 0 Å². The molecule has 0 bridgehead atoms. The molecule has 2 N–H and O–H groups in total. The molecule has 0 spiro atoms. The molecule has 2 fully saturated rings. The summed E-state index contributed by atoms with van der Waals surface area (Å²) >= 11 is 6.06. The Hall–Kier alpha value is 0.290. The highest BCUT2D eigenvalue weighted by atomic mass is 32.2. The van der Waals surface area contributed by atoms with Gasteiger partial charge >= 0.3 is 0 Å². The van der Waals surface area contributed by atoms with Gasteiger partial charge in [-0.1, -0.05) is 13.8 Å². The lowest BCUT2D eigenvalue weighted by molar-refractivity contribution is 0.884. The number of nitrogens with two attached hydrogens (primary N) is 1. The van der Waals surface area contributed by atoms with Crippen molar-refractivity contribution >= 4 is 34.9 Å². The van der Waals surface area contributed by atoms with E-state index < -0.39 is 0 Å². The lowest BCUT2D eigenvalue weighted by Gasteiger charge is -2.30. The van der Waals surface area contributed by atoms with Crippen LogP contribution >= 0.6 is 34.9 Å². The van der Waals surface area contributed by atoms with Crippen LogP contribution in [0.4, 0.5) is 0 Å². The van der Waals surface area contributed by atoms with Gasteiger partial charge in [-0.3, -0.25) is 0 Å². The fourth-order valence-corrected chi connectivity index (χ4v) is 6.48. The van der Waals surface area contributed by atoms with Gasteiger partial charge in [0.2, 0.25) is 0 Å². The van der Waals surface area contributed by atoms with Gasteiger partial charge in [0.25, 0.3) is 0 Å². The van der Waals surface area contributed by atoms with Gasteiger partial charge in [-0.25, -0.2) is 4.98 Å². The minimum absolute atomic E-state index is 0.587. The van der Waals surface area contributed by atoms with E-state index in [1.165, 1.54) is 34.2 Å². The number of hydrogen-bond acceptors (Lipinski definition) is 5. The summed E-state index contributed by atoms with van der Waals surface area (Å²) in [5, 5.41) is 3.41. The zero-order valence-corrected chi connectivity index (χ0v) is 13.3. The Bertz CT molecular complexity index is 428. The van der Waals surface area contributed by atoms with Gasteiger partial charge in [-0.2, -0.15) is 11.8 Å². The molecule has 1 aliphatic carbocycles. The molecule has 18 heavy (non-hydrogen) atoms. The zero-order chi connectivity index (χ0) is 12.7. The van der Waals surface area contributed by atoms with Crippen LogP contribution in [-0.2, 0) is 6.54 Å². The molecular weight excluding hydrogens is 280 g/mol. The number of thiazole rings is 1. The topological polar surface area (TPSA) is 38.9 Å². The molecule has 3 unspecified atom stereocenters. The maximum Gasteiger partial charge on any atom is 0.107 e. The Morgan fingerprint density at radius 2 is 2.06 bits per heavy atom. The summed E-state index contributed by atoms with van der Waals surface area (Å²) in [5.74, 6) is 1.93. The van der Waals surface area contributed by atoms with Gasteiger partial charge < -0.3 is 5.73 Å². The second-order valence-electron chi connectivity index (χ2n) is 5.21. The third-order valence-electron chi connectivity index (χ3n) is 3.72. The molecule has 0 radical (unpaired) electrons. The van der Waals surface area contributed by atoms with E-state index in [2.05, 4.69) is 37.4 Å². The summed E-state index contributed by atoms with van der Waals surface area (Å²) in [6.45, 7) is 5.34. The van der Waals surface area contributed by atoms with E-state index in [9.17, 15) is 0 Å². The average molecular weight is 301 g/mol. The Morgan fingerprint density at radius 1 is 1.28 bits per heavy atom. The van der Waals surface area contributed by atoms with Gasteiger partial charge in [-0.05, 0) is 12.8 Å². The molecule has 5 heteroatoms. The van der Waals surface area contributed by atoms with E-state index in [1.54, 1.807) is 0 Å². The van der Waals surface area contributed by atoms with Crippen LogP contribution in [0.1, 0.15) is 53.4 Å². The molecule has 2 aliphatic rings. The second kappa shape index (κ2) is 5.35. The predicted octanol–water partition coefficient (Wildman–Crippen LogP) is 3.78. The molecule has 2 nitrogen and oxygen atoms in total. The first-order valence-corrected chi connectivity index (χ1v) is 9.46. The first kappa shape index (κ1) is 13.3. The minimum atomic E-state index is 0.587. The van der Waals surface area contributed by atoms with Gasteiger partial charge in [0.1, 0.15) is 5.01 Å². The summed E-state index contributed by atoms with van der Waals surface area (Å²) in [4.78, 5) is 6.27. The molecule has 2 heterocycles. The van der Waals surface area contributed by atoms with Crippen LogP contribution in [0.2, 0.25) is 0 Å². The van der Waals surface area contributed by atoms with Crippen LogP contribution in [0.3, 0.4) is 0 Å². The van der Waals surface area contributed by atoms with Crippen molar-refractivity contribution in [2.75, 3.05) is 5.75 Å². The van der Waals surface area contributed by atoms with E-state index in [1.807, 2.05) is 11.3 Å². The van der Waals surface area contributed by atoms with Crippen molar-refractivity contribution in [2.45, 2.75) is 54.9 Å². The Balaban J connectivity index is 1.79. The molecule has 1 saturated carbocycles. The quantitative estimate of drug-likeness (QED) is 0.922. The molecule has 0 amide bonds. The number of hydrogen-bond donors (Lipinski definition) is 1. The highest BCUT2D eigenvalue weighted by Gasteiger charge is 2.33. The van der Waals surface area contributed by atoms with Gasteiger partial charge in [0.05, 0.1) is 10.9 Å². The minimum Gasteiger partial charge on any atom is -0.326 e. The summed E-state index contributed by atoms with van der Waals surface area (Å²) < 4.78 is 0. The van der Waals surface area contributed by atoms with Crippen LogP contribution in [0, 0.1) is 0 Å². The molecular formula is C13H20N2S3. The summed E-state index contributed by atoms with van der Waals surface area (Å²) in [5.41, 5.74) is 7.19. The van der Waals surface area contributed by atoms with E-state index in [4.69, 9.17) is 10.7 Å². The highest BCUT2D eigenvalue weighted by Crippen LogP contribution is 2.48. The second-order valence-corrected chi connectivity index (χ2v) is 9.32. The summed E-state index contributed by atoms with van der Waals surface area (Å²) in [6, 6.07) is 0. The lowest BCUT2D eigenvalue weighted by Crippen LogP contribution is -2.21. The number of thioether (sulfide) groups is 2. The summed E-state index contributed by atoms with van der Waals surface area (Å²) in [6.07, 6.45) is 2.63. The molecule has 1 saturated heterocycles. The first-order chi connectivity index (χ1) is 8.69. The average Bonchev–Trinajstić information content (AvgIpc) is 3.12. The van der Waals surface area contributed by atoms with Crippen molar-refractivity contribution in [1.82, 2.24) is 4.98 Å². The van der Waals surface area contributed by atoms with Crippen molar-refractivity contribution < 1.29 is 0 Å². The Morgan fingerprint density at radius 3 is 2.67 bits per heavy atom. The van der Waals surface area contributed by atoms with Crippen molar-refractivity contribution in [2.24, 2.45) is 5.73 Å². The Kier molecular flexibility index (Phi) is 3.95. The third-order valence-corrected chi connectivity index (χ3v) is 8.47. The molecule has 1 aromatic heterocycles. The van der Waals surface area contributed by atoms with Crippen molar-refractivity contribution in [3.63, 3.8) is 0 Å². The normalized spacial score (nSPS) is 32.7. The largest absolute Gasteiger partial charge is 0.326 e. The van der Waals surface area contributed by atoms with Crippen LogP contribution < -0.4 is 5.73 Å². The van der Waals surface area contributed by atoms with Gasteiger partial charge in [0.15, 0.2) is 0 Å². The van der Waals surface area contributed by atoms with E-state index in [-0.39, 0.29) is 0 Å². The zero-order valence-electron chi connectivity index (χ0n) is 10.9. The smallest absolute Gasteiger partial charge is 0.107 e. The van der Waals surface area contributed by atoms with E-state index in [0.717, 1.165) is 16.4 Å². The van der Waals surface area contributed by atoms with Crippen LogP contribution in [0.15, 0.2) is 0 Å². The Labute approximate surface area is 122 Å². The van der Waals surface area contributed by atoms with Crippen LogP contribution in [-0.4, -0.2) is 21.2 Å². The fourth-order valence-electron chi connectivity index (χ4n) is 2.26. The molecule has 0 aromatic carbocycles. The number of nitrogens with zero attached hydrogens (tertiary/aromatic N) is 1. The first-order valence-electron chi connectivity index (χ1n) is 6.65. The maximum absolute atomic E-state index is 5.87. The fraction of sp³-hybridized carbons (Fsp3) is 0.769. The highest BCUT2D eigenvalue weighted by molar-refractivity contribution is 8.07. The van der Waals surface area contributed by atoms with Crippen molar-refractivity contribution in [1.29, 1.82) is 0 Å². The van der Waals surface area contributed by atoms with Crippen LogP contribution in [0.5, 0.6) is 0 Å².